The predicted octanol–water partition coefficient (Wildman–Crippen LogP) is 10.1. The van der Waals surface area contributed by atoms with Gasteiger partial charge in [-0.05, 0) is 96.1 Å². The minimum Gasteiger partial charge on any atom is -0.508 e. The number of hydrazine groups is 1. The zero-order valence-corrected chi connectivity index (χ0v) is 36.5. The van der Waals surface area contributed by atoms with Gasteiger partial charge in [0.15, 0.2) is 5.82 Å². The van der Waals surface area contributed by atoms with Gasteiger partial charge in [0.1, 0.15) is 17.2 Å². The molecule has 4 amide bonds. The Bertz CT molecular complexity index is 2860. The Balaban J connectivity index is 1.12. The Morgan fingerprint density at radius 2 is 1.57 bits per heavy atom. The number of aromatic nitrogens is 1. The van der Waals surface area contributed by atoms with Gasteiger partial charge >= 0.3 is 6.18 Å². The fraction of sp³-hybridized carbons (Fsp3) is 0.229. The topological polar surface area (TPSA) is 138 Å². The van der Waals surface area contributed by atoms with Gasteiger partial charge in [-0.1, -0.05) is 88.9 Å². The Hall–Kier alpha value is -6.35. The van der Waals surface area contributed by atoms with Crippen molar-refractivity contribution >= 4 is 82.1 Å². The smallest absolute Gasteiger partial charge is 0.417 e. The summed E-state index contributed by atoms with van der Waals surface area (Å²) >= 11 is 19.6. The molecule has 11 nitrogen and oxygen atoms in total. The van der Waals surface area contributed by atoms with Gasteiger partial charge in [0, 0.05) is 27.7 Å². The zero-order chi connectivity index (χ0) is 46.1. The molecule has 4 aliphatic rings. The third kappa shape index (κ3) is 7.28. The van der Waals surface area contributed by atoms with Gasteiger partial charge in [-0.25, -0.2) is 4.98 Å². The SMILES string of the molecule is COc1ccc(OC)c(C=Cc2ccc(N3C(=O)[C@H]4[C@H](CC=C5[C@H]4C[C@H]4C(=O)N(Nc6ncc(C(F)(F)F)cc6Cl)C(=O)[C@@]4(c4ccc(Cl)cc4)[C@H]5c4ccc(O)cc4Cl)C3=O)cc2)c1. The quantitative estimate of drug-likeness (QED) is 0.0840. The number of fused-ring (bicyclic) bond motifs is 4. The molecule has 332 valence electrons. The number of allylic oxidation sites excluding steroid dienone is 2. The molecule has 4 aromatic carbocycles. The number of hydrogen-bond acceptors (Lipinski definition) is 9. The van der Waals surface area contributed by atoms with E-state index in [-0.39, 0.29) is 23.6 Å². The van der Waals surface area contributed by atoms with E-state index in [1.807, 2.05) is 24.3 Å². The van der Waals surface area contributed by atoms with E-state index < -0.39 is 81.2 Å². The predicted molar refractivity (Wildman–Crippen MR) is 237 cm³/mol. The Kier molecular flexibility index (Phi) is 11.2. The summed E-state index contributed by atoms with van der Waals surface area (Å²) in [6.07, 6.45) is 1.32. The van der Waals surface area contributed by atoms with Crippen LogP contribution in [0.5, 0.6) is 17.2 Å². The van der Waals surface area contributed by atoms with E-state index >= 15 is 4.79 Å². The van der Waals surface area contributed by atoms with Crippen LogP contribution in [0.2, 0.25) is 15.1 Å². The van der Waals surface area contributed by atoms with Crippen molar-refractivity contribution in [2.24, 2.45) is 23.7 Å². The number of phenolic OH excluding ortho intramolecular Hbond substituents is 1. The first-order valence-corrected chi connectivity index (χ1v) is 21.4. The number of nitrogens with zero attached hydrogens (tertiary/aromatic N) is 3. The van der Waals surface area contributed by atoms with Crippen LogP contribution in [-0.2, 0) is 30.8 Å². The van der Waals surface area contributed by atoms with Crippen molar-refractivity contribution in [1.82, 2.24) is 9.99 Å². The number of carbonyl (C=O) groups is 4. The first-order chi connectivity index (χ1) is 31.1. The van der Waals surface area contributed by atoms with Gasteiger partial charge in [-0.3, -0.25) is 29.5 Å². The summed E-state index contributed by atoms with van der Waals surface area (Å²) < 4.78 is 51.6. The molecule has 2 N–H and O–H groups in total. The molecular formula is C48H36Cl3F3N4O7. The number of hydrogen-bond donors (Lipinski definition) is 2. The molecule has 0 radical (unpaired) electrons. The van der Waals surface area contributed by atoms with Crippen LogP contribution in [0.1, 0.15) is 46.6 Å². The maximum Gasteiger partial charge on any atom is 0.417 e. The van der Waals surface area contributed by atoms with Crippen molar-refractivity contribution in [2.45, 2.75) is 30.4 Å². The molecule has 3 fully saturated rings. The first kappa shape index (κ1) is 43.9. The van der Waals surface area contributed by atoms with Crippen LogP contribution in [0.3, 0.4) is 0 Å². The fourth-order valence-corrected chi connectivity index (χ4v) is 10.6. The van der Waals surface area contributed by atoms with Crippen LogP contribution in [0.25, 0.3) is 12.2 Å². The van der Waals surface area contributed by atoms with Crippen LogP contribution in [0.15, 0.2) is 109 Å². The second-order valence-corrected chi connectivity index (χ2v) is 17.4. The van der Waals surface area contributed by atoms with Crippen molar-refractivity contribution in [1.29, 1.82) is 0 Å². The number of alkyl halides is 3. The highest BCUT2D eigenvalue weighted by molar-refractivity contribution is 6.33. The van der Waals surface area contributed by atoms with Crippen molar-refractivity contribution < 1.29 is 46.9 Å². The van der Waals surface area contributed by atoms with Gasteiger partial charge in [0.2, 0.25) is 11.8 Å². The number of amides is 4. The zero-order valence-electron chi connectivity index (χ0n) is 34.3. The minimum atomic E-state index is -4.77. The molecule has 2 saturated heterocycles. The van der Waals surface area contributed by atoms with Crippen molar-refractivity contribution in [3.8, 4) is 17.2 Å². The number of anilines is 2. The summed E-state index contributed by atoms with van der Waals surface area (Å²) in [5, 5.41) is 11.1. The lowest BCUT2D eigenvalue weighted by Crippen LogP contribution is -2.53. The molecule has 17 heteroatoms. The van der Waals surface area contributed by atoms with Crippen molar-refractivity contribution in [2.75, 3.05) is 24.5 Å². The summed E-state index contributed by atoms with van der Waals surface area (Å²) in [5.74, 6) is -6.65. The molecule has 0 bridgehead atoms. The number of phenols is 1. The molecule has 9 rings (SSSR count). The molecular weight excluding hydrogens is 908 g/mol. The Morgan fingerprint density at radius 3 is 2.23 bits per heavy atom. The molecule has 0 unspecified atom stereocenters. The molecule has 65 heavy (non-hydrogen) atoms. The van der Waals surface area contributed by atoms with Crippen molar-refractivity contribution in [3.63, 3.8) is 0 Å². The number of carbonyl (C=O) groups excluding carboxylic acids is 4. The summed E-state index contributed by atoms with van der Waals surface area (Å²) in [6.45, 7) is 0. The van der Waals surface area contributed by atoms with Crippen LogP contribution >= 0.6 is 34.8 Å². The molecule has 5 aromatic rings. The van der Waals surface area contributed by atoms with E-state index in [0.29, 0.717) is 56.2 Å². The highest BCUT2D eigenvalue weighted by Gasteiger charge is 2.70. The molecule has 1 aromatic heterocycles. The number of benzene rings is 4. The number of halogens is 6. The number of nitrogens with one attached hydrogen (secondary N) is 1. The highest BCUT2D eigenvalue weighted by atomic mass is 35.5. The van der Waals surface area contributed by atoms with Crippen LogP contribution in [0, 0.1) is 23.7 Å². The fourth-order valence-electron chi connectivity index (χ4n) is 10.0. The normalized spacial score (nSPS) is 23.9. The third-order valence-electron chi connectivity index (χ3n) is 12.9. The molecule has 1 saturated carbocycles. The monoisotopic (exact) mass is 942 g/mol. The van der Waals surface area contributed by atoms with E-state index in [1.165, 1.54) is 17.0 Å². The lowest BCUT2D eigenvalue weighted by molar-refractivity contribution is -0.139. The van der Waals surface area contributed by atoms with Gasteiger partial charge < -0.3 is 14.6 Å². The van der Waals surface area contributed by atoms with Gasteiger partial charge in [-0.2, -0.15) is 18.2 Å². The molecule has 2 aliphatic heterocycles. The molecule has 3 heterocycles. The average molecular weight is 944 g/mol. The molecule has 0 spiro atoms. The maximum atomic E-state index is 15.4. The first-order valence-electron chi connectivity index (χ1n) is 20.3. The van der Waals surface area contributed by atoms with Crippen LogP contribution in [0.4, 0.5) is 24.7 Å². The molecule has 6 atom stereocenters. The summed E-state index contributed by atoms with van der Waals surface area (Å²) in [7, 11) is 3.14. The number of ether oxygens (including phenoxy) is 2. The van der Waals surface area contributed by atoms with E-state index in [2.05, 4.69) is 10.4 Å². The van der Waals surface area contributed by atoms with Gasteiger partial charge in [-0.15, -0.1) is 0 Å². The second kappa shape index (κ2) is 16.6. The van der Waals surface area contributed by atoms with Gasteiger partial charge in [0.25, 0.3) is 11.8 Å². The van der Waals surface area contributed by atoms with E-state index in [9.17, 15) is 32.7 Å². The number of imide groups is 2. The van der Waals surface area contributed by atoms with Crippen LogP contribution in [-0.4, -0.2) is 52.9 Å². The number of rotatable bonds is 9. The minimum absolute atomic E-state index is 0.0549. The second-order valence-electron chi connectivity index (χ2n) is 16.2. The number of pyridine rings is 1. The Labute approximate surface area is 385 Å². The lowest BCUT2D eigenvalue weighted by Gasteiger charge is -2.50. The third-order valence-corrected chi connectivity index (χ3v) is 13.8. The number of aromatic hydroxyl groups is 1. The lowest BCUT2D eigenvalue weighted by atomic mass is 9.49. The van der Waals surface area contributed by atoms with E-state index in [4.69, 9.17) is 44.3 Å². The summed E-state index contributed by atoms with van der Waals surface area (Å²) in [5.41, 5.74) is 2.82. The Morgan fingerprint density at radius 1 is 0.831 bits per heavy atom. The summed E-state index contributed by atoms with van der Waals surface area (Å²) in [6, 6.07) is 23.5. The number of methoxy groups -OCH3 is 2. The van der Waals surface area contributed by atoms with Crippen LogP contribution < -0.4 is 19.8 Å². The largest absolute Gasteiger partial charge is 0.508 e. The van der Waals surface area contributed by atoms with Gasteiger partial charge in [0.05, 0.1) is 53.7 Å². The van der Waals surface area contributed by atoms with E-state index in [1.54, 1.807) is 80.9 Å². The standard InChI is InChI=1S/C48H36Cl3F3N4O7/c1-64-31-14-18-39(65-2)25(19-31)6-3-24-4-11-29(12-5-24)57-43(60)34-17-16-32-35(40(34)45(57)62)22-36-44(61)58(56-42-38(51)20-27(23-55-42)48(52,53)54)46(63)47(36,26-7-9-28(49)10-8-26)41(32)33-15-13-30(59)21-37(33)50/h3-16,18-21,23,34-36,40-41,59H,17,22H2,1-2H3,(H,55,56)/t34-,35+,36-,40-,41+,47+/m0/s1. The van der Waals surface area contributed by atoms with Crippen molar-refractivity contribution in [3.05, 3.63) is 152 Å². The summed E-state index contributed by atoms with van der Waals surface area (Å²) in [4.78, 5) is 64.6. The van der Waals surface area contributed by atoms with E-state index in [0.717, 1.165) is 11.1 Å². The molecule has 2 aliphatic carbocycles. The highest BCUT2D eigenvalue weighted by Crippen LogP contribution is 2.65. The maximum absolute atomic E-state index is 15.4. The average Bonchev–Trinajstić information content (AvgIpc) is 3.66.